The van der Waals surface area contributed by atoms with Crippen LogP contribution in [0.15, 0.2) is 47.1 Å². The number of rotatable bonds is 5. The van der Waals surface area contributed by atoms with Crippen molar-refractivity contribution in [2.75, 3.05) is 25.0 Å². The number of hydrogen-bond acceptors (Lipinski definition) is 5. The zero-order valence-corrected chi connectivity index (χ0v) is 15.0. The van der Waals surface area contributed by atoms with Gasteiger partial charge in [0.2, 0.25) is 0 Å². The topological polar surface area (TPSA) is 88.8 Å². The van der Waals surface area contributed by atoms with Gasteiger partial charge in [-0.2, -0.15) is 0 Å². The molecule has 0 unspecified atom stereocenters. The Kier molecular flexibility index (Phi) is 6.25. The Morgan fingerprint density at radius 1 is 1.00 bits per heavy atom. The average molecular weight is 370 g/mol. The molecule has 0 spiro atoms. The van der Waals surface area contributed by atoms with Crippen molar-refractivity contribution in [2.45, 2.75) is 25.7 Å². The number of likely N-dealkylation sites (tertiary alicyclic amines) is 1. The Labute approximate surface area is 157 Å². The van der Waals surface area contributed by atoms with Gasteiger partial charge in [0.15, 0.2) is 12.4 Å². The van der Waals surface area contributed by atoms with E-state index in [1.807, 2.05) is 0 Å². The number of furan rings is 1. The van der Waals surface area contributed by atoms with Crippen LogP contribution in [-0.4, -0.2) is 42.4 Å². The molecule has 1 N–H and O–H groups in total. The van der Waals surface area contributed by atoms with E-state index in [0.29, 0.717) is 18.8 Å². The minimum Gasteiger partial charge on any atom is -0.459 e. The van der Waals surface area contributed by atoms with Gasteiger partial charge in [-0.25, -0.2) is 4.79 Å². The first-order valence-electron chi connectivity index (χ1n) is 9.04. The Hall–Kier alpha value is -3.09. The van der Waals surface area contributed by atoms with E-state index < -0.39 is 11.9 Å². The largest absolute Gasteiger partial charge is 0.459 e. The molecule has 1 aliphatic heterocycles. The van der Waals surface area contributed by atoms with E-state index in [1.54, 1.807) is 29.2 Å². The summed E-state index contributed by atoms with van der Waals surface area (Å²) < 4.78 is 10.2. The van der Waals surface area contributed by atoms with Crippen molar-refractivity contribution in [1.29, 1.82) is 0 Å². The predicted molar refractivity (Wildman–Crippen MR) is 98.4 cm³/mol. The highest BCUT2D eigenvalue weighted by Crippen LogP contribution is 2.18. The molecule has 1 aromatic heterocycles. The summed E-state index contributed by atoms with van der Waals surface area (Å²) in [4.78, 5) is 38.6. The van der Waals surface area contributed by atoms with Crippen LogP contribution in [0.25, 0.3) is 0 Å². The van der Waals surface area contributed by atoms with Gasteiger partial charge in [0.25, 0.3) is 11.8 Å². The summed E-state index contributed by atoms with van der Waals surface area (Å²) in [5.41, 5.74) is 0.479. The Morgan fingerprint density at radius 2 is 1.74 bits per heavy atom. The van der Waals surface area contributed by atoms with Gasteiger partial charge in [-0.3, -0.25) is 9.59 Å². The third-order valence-electron chi connectivity index (χ3n) is 4.43. The van der Waals surface area contributed by atoms with Crippen LogP contribution in [0.1, 0.15) is 46.6 Å². The summed E-state index contributed by atoms with van der Waals surface area (Å²) in [5.74, 6) is -1.19. The number of carbonyl (C=O) groups excluding carboxylic acids is 3. The zero-order valence-electron chi connectivity index (χ0n) is 15.0. The van der Waals surface area contributed by atoms with Gasteiger partial charge in [0, 0.05) is 13.1 Å². The van der Waals surface area contributed by atoms with Crippen LogP contribution in [0.3, 0.4) is 0 Å². The standard InChI is InChI=1S/C20H22N2O5/c23-18(22-11-5-1-2-6-12-22)14-27-20(25)15-8-3-4-9-16(15)21-19(24)17-10-7-13-26-17/h3-4,7-10,13H,1-2,5-6,11-12,14H2,(H,21,24). The molecule has 2 aromatic rings. The first kappa shape index (κ1) is 18.7. The lowest BCUT2D eigenvalue weighted by atomic mass is 10.1. The monoisotopic (exact) mass is 370 g/mol. The van der Waals surface area contributed by atoms with Gasteiger partial charge >= 0.3 is 5.97 Å². The van der Waals surface area contributed by atoms with Crippen molar-refractivity contribution in [3.63, 3.8) is 0 Å². The lowest BCUT2D eigenvalue weighted by Crippen LogP contribution is -2.35. The molecule has 3 rings (SSSR count). The fourth-order valence-corrected chi connectivity index (χ4v) is 2.98. The summed E-state index contributed by atoms with van der Waals surface area (Å²) in [6, 6.07) is 9.61. The number of carbonyl (C=O) groups is 3. The van der Waals surface area contributed by atoms with E-state index in [2.05, 4.69) is 5.32 Å². The highest BCUT2D eigenvalue weighted by molar-refractivity contribution is 6.06. The molecule has 0 aliphatic carbocycles. The van der Waals surface area contributed by atoms with Crippen molar-refractivity contribution in [3.05, 3.63) is 54.0 Å². The lowest BCUT2D eigenvalue weighted by Gasteiger charge is -2.20. The van der Waals surface area contributed by atoms with Gasteiger partial charge in [-0.05, 0) is 37.1 Å². The first-order chi connectivity index (χ1) is 13.1. The second-order valence-electron chi connectivity index (χ2n) is 6.35. The number of ether oxygens (including phenoxy) is 1. The van der Waals surface area contributed by atoms with E-state index in [0.717, 1.165) is 25.7 Å². The SMILES string of the molecule is O=C(Nc1ccccc1C(=O)OCC(=O)N1CCCCCC1)c1ccco1. The second kappa shape index (κ2) is 9.02. The molecule has 0 bridgehead atoms. The molecule has 27 heavy (non-hydrogen) atoms. The zero-order chi connectivity index (χ0) is 19.1. The molecule has 7 heteroatoms. The minimum atomic E-state index is -0.659. The molecule has 2 amide bonds. The van der Waals surface area contributed by atoms with E-state index in [4.69, 9.17) is 9.15 Å². The average Bonchev–Trinajstić information content (AvgIpc) is 3.09. The smallest absolute Gasteiger partial charge is 0.340 e. The van der Waals surface area contributed by atoms with Crippen molar-refractivity contribution >= 4 is 23.5 Å². The van der Waals surface area contributed by atoms with Crippen LogP contribution in [0, 0.1) is 0 Å². The summed E-state index contributed by atoms with van der Waals surface area (Å²) in [5, 5.41) is 2.62. The molecule has 2 heterocycles. The predicted octanol–water partition coefficient (Wildman–Crippen LogP) is 3.09. The molecule has 0 radical (unpaired) electrons. The third-order valence-corrected chi connectivity index (χ3v) is 4.43. The molecule has 7 nitrogen and oxygen atoms in total. The van der Waals surface area contributed by atoms with Crippen LogP contribution in [0.4, 0.5) is 5.69 Å². The first-order valence-corrected chi connectivity index (χ1v) is 9.04. The number of hydrogen-bond donors (Lipinski definition) is 1. The van der Waals surface area contributed by atoms with Crippen LogP contribution in [-0.2, 0) is 9.53 Å². The van der Waals surface area contributed by atoms with Gasteiger partial charge in [-0.1, -0.05) is 25.0 Å². The summed E-state index contributed by atoms with van der Waals surface area (Å²) in [7, 11) is 0. The van der Waals surface area contributed by atoms with E-state index in [1.165, 1.54) is 18.4 Å². The van der Waals surface area contributed by atoms with Gasteiger partial charge in [0.05, 0.1) is 17.5 Å². The van der Waals surface area contributed by atoms with Crippen LogP contribution in [0.2, 0.25) is 0 Å². The Bertz CT molecular complexity index is 792. The minimum absolute atomic E-state index is 0.134. The summed E-state index contributed by atoms with van der Waals surface area (Å²) in [6.07, 6.45) is 5.57. The number of para-hydroxylation sites is 1. The quantitative estimate of drug-likeness (QED) is 0.817. The number of amides is 2. The number of anilines is 1. The molecular formula is C20H22N2O5. The number of nitrogens with one attached hydrogen (secondary N) is 1. The van der Waals surface area contributed by atoms with Crippen molar-refractivity contribution in [1.82, 2.24) is 4.90 Å². The fourth-order valence-electron chi connectivity index (χ4n) is 2.98. The Balaban J connectivity index is 1.61. The molecule has 142 valence electrons. The van der Waals surface area contributed by atoms with Crippen LogP contribution < -0.4 is 5.32 Å². The van der Waals surface area contributed by atoms with E-state index in [-0.39, 0.29) is 23.8 Å². The van der Waals surface area contributed by atoms with Gasteiger partial charge in [0.1, 0.15) is 0 Å². The van der Waals surface area contributed by atoms with Gasteiger partial charge in [-0.15, -0.1) is 0 Å². The second-order valence-corrected chi connectivity index (χ2v) is 6.35. The maximum atomic E-state index is 12.4. The molecule has 0 saturated carbocycles. The molecule has 1 aromatic carbocycles. The normalized spacial score (nSPS) is 14.3. The summed E-state index contributed by atoms with van der Waals surface area (Å²) >= 11 is 0. The van der Waals surface area contributed by atoms with Crippen LogP contribution >= 0.6 is 0 Å². The highest BCUT2D eigenvalue weighted by atomic mass is 16.5. The van der Waals surface area contributed by atoms with Gasteiger partial charge < -0.3 is 19.4 Å². The molecule has 1 aliphatic rings. The fraction of sp³-hybridized carbons (Fsp3) is 0.350. The molecule has 1 fully saturated rings. The summed E-state index contributed by atoms with van der Waals surface area (Å²) in [6.45, 7) is 1.09. The third kappa shape index (κ3) is 4.97. The molecular weight excluding hydrogens is 348 g/mol. The van der Waals surface area contributed by atoms with Crippen molar-refractivity contribution < 1.29 is 23.5 Å². The molecule has 0 atom stereocenters. The highest BCUT2D eigenvalue weighted by Gasteiger charge is 2.20. The van der Waals surface area contributed by atoms with E-state index in [9.17, 15) is 14.4 Å². The van der Waals surface area contributed by atoms with E-state index >= 15 is 0 Å². The maximum absolute atomic E-state index is 12.4. The lowest BCUT2D eigenvalue weighted by molar-refractivity contribution is -0.134. The number of benzene rings is 1. The Morgan fingerprint density at radius 3 is 2.44 bits per heavy atom. The number of esters is 1. The number of nitrogens with zero attached hydrogens (tertiary/aromatic N) is 1. The molecule has 1 saturated heterocycles. The van der Waals surface area contributed by atoms with Crippen molar-refractivity contribution in [2.24, 2.45) is 0 Å². The van der Waals surface area contributed by atoms with Crippen molar-refractivity contribution in [3.8, 4) is 0 Å². The maximum Gasteiger partial charge on any atom is 0.340 e. The van der Waals surface area contributed by atoms with Crippen LogP contribution in [0.5, 0.6) is 0 Å².